The Hall–Kier alpha value is -2.33. The van der Waals surface area contributed by atoms with Crippen molar-refractivity contribution in [2.45, 2.75) is 13.0 Å². The molecule has 120 valence electrons. The average Bonchev–Trinajstić information content (AvgIpc) is 2.55. The van der Waals surface area contributed by atoms with E-state index in [9.17, 15) is 4.79 Å². The summed E-state index contributed by atoms with van der Waals surface area (Å²) in [6.07, 6.45) is 1.00. The summed E-state index contributed by atoms with van der Waals surface area (Å²) in [5.74, 6) is 0.0255. The van der Waals surface area contributed by atoms with Crippen LogP contribution in [0.4, 0.5) is 5.69 Å². The summed E-state index contributed by atoms with van der Waals surface area (Å²) in [5.41, 5.74) is 12.7. The number of hydrogen-bond acceptors (Lipinski definition) is 3. The maximum atomic E-state index is 12.0. The van der Waals surface area contributed by atoms with Crippen molar-refractivity contribution < 1.29 is 4.79 Å². The summed E-state index contributed by atoms with van der Waals surface area (Å²) in [6, 6.07) is 11.9. The van der Waals surface area contributed by atoms with Crippen molar-refractivity contribution in [3.05, 3.63) is 53.1 Å². The smallest absolute Gasteiger partial charge is 0.253 e. The van der Waals surface area contributed by atoms with Gasteiger partial charge in [0, 0.05) is 38.4 Å². The van der Waals surface area contributed by atoms with Crippen LogP contribution in [-0.4, -0.2) is 43.4 Å². The van der Waals surface area contributed by atoms with Crippen molar-refractivity contribution in [1.29, 1.82) is 0 Å². The minimum absolute atomic E-state index is 0.0255. The molecule has 0 atom stereocenters. The van der Waals surface area contributed by atoms with Crippen LogP contribution in [0.3, 0.4) is 0 Å². The lowest BCUT2D eigenvalue weighted by molar-refractivity contribution is 0.0827. The highest BCUT2D eigenvalue weighted by atomic mass is 16.2. The van der Waals surface area contributed by atoms with Crippen LogP contribution in [0.2, 0.25) is 0 Å². The van der Waals surface area contributed by atoms with Gasteiger partial charge < -0.3 is 15.5 Å². The Morgan fingerprint density at radius 2 is 1.78 bits per heavy atom. The van der Waals surface area contributed by atoms with Crippen LogP contribution in [0.25, 0.3) is 11.1 Å². The van der Waals surface area contributed by atoms with E-state index in [2.05, 4.69) is 18.0 Å². The van der Waals surface area contributed by atoms with Gasteiger partial charge in [-0.15, -0.1) is 0 Å². The molecule has 1 aliphatic rings. The number of rotatable bonds is 2. The zero-order chi connectivity index (χ0) is 16.6. The number of carbonyl (C=O) groups excluding carboxylic acids is 1. The van der Waals surface area contributed by atoms with Gasteiger partial charge >= 0.3 is 0 Å². The molecule has 0 aromatic heterocycles. The Morgan fingerprint density at radius 3 is 2.43 bits per heavy atom. The zero-order valence-electron chi connectivity index (χ0n) is 14.0. The van der Waals surface area contributed by atoms with Gasteiger partial charge in [-0.3, -0.25) is 4.79 Å². The number of hydrogen-bond donors (Lipinski definition) is 1. The highest BCUT2D eigenvalue weighted by Crippen LogP contribution is 2.33. The van der Waals surface area contributed by atoms with Crippen molar-refractivity contribution in [3.63, 3.8) is 0 Å². The second-order valence-corrected chi connectivity index (χ2v) is 6.42. The van der Waals surface area contributed by atoms with Crippen molar-refractivity contribution in [2.24, 2.45) is 0 Å². The Bertz CT molecular complexity index is 735. The molecule has 4 heteroatoms. The third kappa shape index (κ3) is 2.94. The Morgan fingerprint density at radius 1 is 1.09 bits per heavy atom. The van der Waals surface area contributed by atoms with Crippen molar-refractivity contribution in [1.82, 2.24) is 9.80 Å². The number of nitrogens with zero attached hydrogens (tertiary/aromatic N) is 2. The molecule has 0 saturated heterocycles. The molecule has 0 saturated carbocycles. The van der Waals surface area contributed by atoms with Crippen LogP contribution >= 0.6 is 0 Å². The molecule has 2 aromatic carbocycles. The van der Waals surface area contributed by atoms with Crippen LogP contribution in [0, 0.1) is 0 Å². The van der Waals surface area contributed by atoms with Crippen LogP contribution < -0.4 is 5.73 Å². The SMILES string of the molecule is CN1CCc2c(-c3ccc(C(=O)N(C)C)cc3)ccc(N)c2C1. The molecule has 1 amide bonds. The van der Waals surface area contributed by atoms with Gasteiger partial charge in [0.2, 0.25) is 0 Å². The molecule has 0 fully saturated rings. The fraction of sp³-hybridized carbons (Fsp3) is 0.316. The molecule has 0 spiro atoms. The van der Waals surface area contributed by atoms with E-state index >= 15 is 0 Å². The van der Waals surface area contributed by atoms with Crippen LogP contribution in [0.1, 0.15) is 21.5 Å². The summed E-state index contributed by atoms with van der Waals surface area (Å²) in [4.78, 5) is 15.9. The lowest BCUT2D eigenvalue weighted by Crippen LogP contribution is -2.27. The first-order valence-corrected chi connectivity index (χ1v) is 7.88. The predicted octanol–water partition coefficient (Wildman–Crippen LogP) is 2.63. The molecule has 3 rings (SSSR count). The quantitative estimate of drug-likeness (QED) is 0.868. The summed E-state index contributed by atoms with van der Waals surface area (Å²) in [6.45, 7) is 1.94. The molecular weight excluding hydrogens is 286 g/mol. The molecule has 1 aliphatic heterocycles. The standard InChI is InChI=1S/C19H23N3O/c1-21(2)19(23)14-6-4-13(5-7-14)15-8-9-18(20)17-12-22(3)11-10-16(15)17/h4-9H,10-12,20H2,1-3H3. The second-order valence-electron chi connectivity index (χ2n) is 6.42. The number of benzene rings is 2. The predicted molar refractivity (Wildman–Crippen MR) is 94.3 cm³/mol. The van der Waals surface area contributed by atoms with E-state index in [0.29, 0.717) is 5.56 Å². The monoisotopic (exact) mass is 309 g/mol. The number of fused-ring (bicyclic) bond motifs is 1. The lowest BCUT2D eigenvalue weighted by Gasteiger charge is -2.28. The van der Waals surface area contributed by atoms with E-state index in [0.717, 1.165) is 30.8 Å². The zero-order valence-corrected chi connectivity index (χ0v) is 14.0. The Kier molecular flexibility index (Phi) is 4.09. The fourth-order valence-electron chi connectivity index (χ4n) is 3.16. The van der Waals surface area contributed by atoms with E-state index < -0.39 is 0 Å². The molecule has 0 radical (unpaired) electrons. The summed E-state index contributed by atoms with van der Waals surface area (Å²) >= 11 is 0. The lowest BCUT2D eigenvalue weighted by atomic mass is 9.89. The van der Waals surface area contributed by atoms with Gasteiger partial charge in [-0.2, -0.15) is 0 Å². The number of nitrogens with two attached hydrogens (primary N) is 1. The topological polar surface area (TPSA) is 49.6 Å². The number of carbonyl (C=O) groups is 1. The van der Waals surface area contributed by atoms with E-state index in [1.807, 2.05) is 30.3 Å². The fourth-order valence-corrected chi connectivity index (χ4v) is 3.16. The van der Waals surface area contributed by atoms with Crippen LogP contribution in [0.5, 0.6) is 0 Å². The molecule has 0 aliphatic carbocycles. The first-order valence-electron chi connectivity index (χ1n) is 7.88. The second kappa shape index (κ2) is 6.05. The van der Waals surface area contributed by atoms with E-state index in [1.54, 1.807) is 19.0 Å². The first kappa shape index (κ1) is 15.6. The van der Waals surface area contributed by atoms with Crippen molar-refractivity contribution >= 4 is 11.6 Å². The summed E-state index contributed by atoms with van der Waals surface area (Å²) < 4.78 is 0. The average molecular weight is 309 g/mol. The first-order chi connectivity index (χ1) is 11.0. The number of amides is 1. The maximum absolute atomic E-state index is 12.0. The summed E-state index contributed by atoms with van der Waals surface area (Å²) in [7, 11) is 5.66. The molecule has 0 bridgehead atoms. The number of anilines is 1. The van der Waals surface area contributed by atoms with Gasteiger partial charge in [-0.1, -0.05) is 18.2 Å². The van der Waals surface area contributed by atoms with E-state index in [1.165, 1.54) is 16.7 Å². The molecule has 2 aromatic rings. The molecule has 2 N–H and O–H groups in total. The maximum Gasteiger partial charge on any atom is 0.253 e. The largest absolute Gasteiger partial charge is 0.398 e. The minimum atomic E-state index is 0.0255. The van der Waals surface area contributed by atoms with Crippen LogP contribution in [-0.2, 0) is 13.0 Å². The molecule has 4 nitrogen and oxygen atoms in total. The van der Waals surface area contributed by atoms with Gasteiger partial charge in [-0.25, -0.2) is 0 Å². The Labute approximate surface area is 137 Å². The third-order valence-electron chi connectivity index (χ3n) is 4.49. The van der Waals surface area contributed by atoms with Gasteiger partial charge in [0.05, 0.1) is 0 Å². The van der Waals surface area contributed by atoms with Crippen LogP contribution in [0.15, 0.2) is 36.4 Å². The van der Waals surface area contributed by atoms with E-state index in [4.69, 9.17) is 5.73 Å². The Balaban J connectivity index is 2.00. The molecule has 23 heavy (non-hydrogen) atoms. The molecule has 0 unspecified atom stereocenters. The number of nitrogen functional groups attached to an aromatic ring is 1. The molecular formula is C19H23N3O. The van der Waals surface area contributed by atoms with Gasteiger partial charge in [0.15, 0.2) is 0 Å². The third-order valence-corrected chi connectivity index (χ3v) is 4.49. The normalized spacial score (nSPS) is 14.4. The highest BCUT2D eigenvalue weighted by molar-refractivity contribution is 5.94. The summed E-state index contributed by atoms with van der Waals surface area (Å²) in [5, 5.41) is 0. The van der Waals surface area contributed by atoms with Gasteiger partial charge in [0.25, 0.3) is 5.91 Å². The van der Waals surface area contributed by atoms with Crippen molar-refractivity contribution in [3.8, 4) is 11.1 Å². The molecule has 1 heterocycles. The highest BCUT2D eigenvalue weighted by Gasteiger charge is 2.19. The van der Waals surface area contributed by atoms with Gasteiger partial charge in [-0.05, 0) is 53.9 Å². The number of likely N-dealkylation sites (N-methyl/N-ethyl adjacent to an activating group) is 1. The van der Waals surface area contributed by atoms with Crippen molar-refractivity contribution in [2.75, 3.05) is 33.4 Å². The minimum Gasteiger partial charge on any atom is -0.398 e. The van der Waals surface area contributed by atoms with E-state index in [-0.39, 0.29) is 5.91 Å². The van der Waals surface area contributed by atoms with Gasteiger partial charge in [0.1, 0.15) is 0 Å².